The Balaban J connectivity index is -0.000000209. The normalized spacial score (nSPS) is 8.43. The zero-order valence-corrected chi connectivity index (χ0v) is 10.5. The predicted octanol–water partition coefficient (Wildman–Crippen LogP) is 1.47. The van der Waals surface area contributed by atoms with Gasteiger partial charge in [0, 0.05) is 6.42 Å². The highest BCUT2D eigenvalue weighted by Gasteiger charge is 1.98. The van der Waals surface area contributed by atoms with Crippen LogP contribution in [-0.2, 0) is 4.79 Å². The quantitative estimate of drug-likeness (QED) is 0.733. The molecule has 0 aliphatic heterocycles. The van der Waals surface area contributed by atoms with Crippen molar-refractivity contribution in [3.8, 4) is 0 Å². The molecule has 4 heteroatoms. The Morgan fingerprint density at radius 3 is 1.93 bits per heavy atom. The number of hydrogen-bond donors (Lipinski definition) is 1. The number of ketones is 1. The van der Waals surface area contributed by atoms with Crippen LogP contribution in [0.4, 0.5) is 0 Å². The fourth-order valence-corrected chi connectivity index (χ4v) is 0.476. The number of hydrogen-bond acceptors (Lipinski definition) is 3. The van der Waals surface area contributed by atoms with Gasteiger partial charge in [-0.2, -0.15) is 0 Å². The lowest BCUT2D eigenvalue weighted by Gasteiger charge is -1.94. The molecule has 0 amide bonds. The van der Waals surface area contributed by atoms with Crippen molar-refractivity contribution in [2.75, 3.05) is 27.7 Å². The second-order valence-electron chi connectivity index (χ2n) is 3.44. The van der Waals surface area contributed by atoms with Gasteiger partial charge in [0.05, 0.1) is 0 Å². The molecule has 86 valence electrons. The van der Waals surface area contributed by atoms with Gasteiger partial charge in [0.15, 0.2) is 5.78 Å². The molecular weight excluding hydrogens is 200 g/mol. The molecule has 2 N–H and O–H groups in total. The van der Waals surface area contributed by atoms with E-state index in [0.717, 1.165) is 6.42 Å². The van der Waals surface area contributed by atoms with Gasteiger partial charge >= 0.3 is 0 Å². The summed E-state index contributed by atoms with van der Waals surface area (Å²) >= 11 is 0. The Labute approximate surface area is 93.8 Å². The maximum Gasteiger partial charge on any atom is 0.158 e. The van der Waals surface area contributed by atoms with Crippen molar-refractivity contribution in [2.24, 2.45) is 5.73 Å². The summed E-state index contributed by atoms with van der Waals surface area (Å²) in [4.78, 5) is 12.7. The maximum absolute atomic E-state index is 10.7. The molecule has 0 fully saturated rings. The minimum absolute atomic E-state index is 0. The number of nitrogens with two attached hydrogens (primary N) is 1. The third kappa shape index (κ3) is 22.6. The lowest BCUT2D eigenvalue weighted by Crippen LogP contribution is -2.04. The van der Waals surface area contributed by atoms with Crippen molar-refractivity contribution in [2.45, 2.75) is 19.8 Å². The Morgan fingerprint density at radius 2 is 1.71 bits per heavy atom. The van der Waals surface area contributed by atoms with Gasteiger partial charge in [-0.1, -0.05) is 6.58 Å². The van der Waals surface area contributed by atoms with Crippen molar-refractivity contribution < 1.29 is 4.79 Å². The third-order valence-electron chi connectivity index (χ3n) is 1.08. The summed E-state index contributed by atoms with van der Waals surface area (Å²) < 4.78 is 0. The Kier molecular flexibility index (Phi) is 17.3. The SMILES string of the molecule is C=C(C)C(=O)CCCN.CN(C)C.Cl. The van der Waals surface area contributed by atoms with Crippen LogP contribution < -0.4 is 5.73 Å². The van der Waals surface area contributed by atoms with E-state index in [4.69, 9.17) is 5.73 Å². The summed E-state index contributed by atoms with van der Waals surface area (Å²) in [6.45, 7) is 5.82. The van der Waals surface area contributed by atoms with Gasteiger partial charge in [0.25, 0.3) is 0 Å². The summed E-state index contributed by atoms with van der Waals surface area (Å²) in [6.07, 6.45) is 1.32. The average molecular weight is 223 g/mol. The molecule has 0 bridgehead atoms. The first-order valence-corrected chi connectivity index (χ1v) is 4.41. The van der Waals surface area contributed by atoms with E-state index in [1.54, 1.807) is 6.92 Å². The number of nitrogens with zero attached hydrogens (tertiary/aromatic N) is 1. The highest BCUT2D eigenvalue weighted by atomic mass is 35.5. The predicted molar refractivity (Wildman–Crippen MR) is 65.0 cm³/mol. The molecule has 14 heavy (non-hydrogen) atoms. The molecule has 0 saturated carbocycles. The standard InChI is InChI=1S/C7H13NO.C3H9N.ClH/c1-6(2)7(9)4-3-5-8;1-4(2)3;/h1,3-5,8H2,2H3;1-3H3;1H. The molecule has 0 unspecified atom stereocenters. The number of carbonyl (C=O) groups is 1. The first kappa shape index (κ1) is 19.2. The Morgan fingerprint density at radius 1 is 1.36 bits per heavy atom. The van der Waals surface area contributed by atoms with Gasteiger partial charge in [-0.05, 0) is 46.6 Å². The van der Waals surface area contributed by atoms with E-state index < -0.39 is 0 Å². The van der Waals surface area contributed by atoms with Crippen LogP contribution in [0.2, 0.25) is 0 Å². The second kappa shape index (κ2) is 12.6. The van der Waals surface area contributed by atoms with E-state index >= 15 is 0 Å². The van der Waals surface area contributed by atoms with Gasteiger partial charge in [-0.3, -0.25) is 4.79 Å². The minimum Gasteiger partial charge on any atom is -0.330 e. The molecule has 0 aliphatic carbocycles. The van der Waals surface area contributed by atoms with Gasteiger partial charge < -0.3 is 10.6 Å². The van der Waals surface area contributed by atoms with Gasteiger partial charge in [0.1, 0.15) is 0 Å². The molecular formula is C10H23ClN2O. The van der Waals surface area contributed by atoms with Gasteiger partial charge in [0.2, 0.25) is 0 Å². The van der Waals surface area contributed by atoms with Crippen LogP contribution in [0.15, 0.2) is 12.2 Å². The molecule has 0 atom stereocenters. The van der Waals surface area contributed by atoms with E-state index in [2.05, 4.69) is 6.58 Å². The molecule has 0 rings (SSSR count). The number of rotatable bonds is 4. The largest absolute Gasteiger partial charge is 0.330 e. The topological polar surface area (TPSA) is 46.3 Å². The van der Waals surface area contributed by atoms with E-state index in [1.165, 1.54) is 0 Å². The molecule has 0 heterocycles. The average Bonchev–Trinajstić information content (AvgIpc) is 1.98. The lowest BCUT2D eigenvalue weighted by atomic mass is 10.1. The number of halogens is 1. The lowest BCUT2D eigenvalue weighted by molar-refractivity contribution is -0.115. The molecule has 0 aromatic heterocycles. The zero-order valence-electron chi connectivity index (χ0n) is 9.67. The Hall–Kier alpha value is -0.380. The van der Waals surface area contributed by atoms with Crippen molar-refractivity contribution in [1.82, 2.24) is 4.90 Å². The van der Waals surface area contributed by atoms with Crippen LogP contribution in [0.5, 0.6) is 0 Å². The Bertz CT molecular complexity index is 155. The first-order valence-electron chi connectivity index (χ1n) is 4.41. The van der Waals surface area contributed by atoms with Crippen LogP contribution in [0.1, 0.15) is 19.8 Å². The molecule has 3 nitrogen and oxygen atoms in total. The monoisotopic (exact) mass is 222 g/mol. The van der Waals surface area contributed by atoms with Crippen molar-refractivity contribution in [3.63, 3.8) is 0 Å². The summed E-state index contributed by atoms with van der Waals surface area (Å²) in [5.41, 5.74) is 5.82. The minimum atomic E-state index is 0. The second-order valence-corrected chi connectivity index (χ2v) is 3.44. The molecule has 0 aromatic rings. The highest BCUT2D eigenvalue weighted by Crippen LogP contribution is 1.96. The van der Waals surface area contributed by atoms with E-state index in [0.29, 0.717) is 18.5 Å². The maximum atomic E-state index is 10.7. The summed E-state index contributed by atoms with van der Waals surface area (Å²) in [6, 6.07) is 0. The number of carbonyl (C=O) groups excluding carboxylic acids is 1. The van der Waals surface area contributed by atoms with Crippen LogP contribution in [0, 0.1) is 0 Å². The fourth-order valence-electron chi connectivity index (χ4n) is 0.476. The van der Waals surface area contributed by atoms with Crippen molar-refractivity contribution >= 4 is 18.2 Å². The first-order chi connectivity index (χ1) is 5.91. The smallest absolute Gasteiger partial charge is 0.158 e. The van der Waals surface area contributed by atoms with Crippen molar-refractivity contribution in [1.29, 1.82) is 0 Å². The molecule has 0 spiro atoms. The van der Waals surface area contributed by atoms with Gasteiger partial charge in [-0.25, -0.2) is 0 Å². The van der Waals surface area contributed by atoms with Crippen LogP contribution in [0.25, 0.3) is 0 Å². The summed E-state index contributed by atoms with van der Waals surface area (Å²) in [7, 11) is 6.00. The van der Waals surface area contributed by atoms with Crippen molar-refractivity contribution in [3.05, 3.63) is 12.2 Å². The number of Topliss-reactive ketones (excluding diaryl/α,β-unsaturated/α-hetero) is 1. The van der Waals surface area contributed by atoms with E-state index in [1.807, 2.05) is 26.0 Å². The van der Waals surface area contributed by atoms with Gasteiger partial charge in [-0.15, -0.1) is 12.4 Å². The molecule has 0 aliphatic rings. The van der Waals surface area contributed by atoms with Crippen LogP contribution >= 0.6 is 12.4 Å². The van der Waals surface area contributed by atoms with E-state index in [-0.39, 0.29) is 18.2 Å². The fraction of sp³-hybridized carbons (Fsp3) is 0.700. The van der Waals surface area contributed by atoms with Crippen LogP contribution in [-0.4, -0.2) is 38.4 Å². The summed E-state index contributed by atoms with van der Waals surface area (Å²) in [5, 5.41) is 0. The zero-order chi connectivity index (χ0) is 10.9. The third-order valence-corrected chi connectivity index (χ3v) is 1.08. The molecule has 0 radical (unpaired) electrons. The molecule has 0 saturated heterocycles. The number of allylic oxidation sites excluding steroid dienone is 1. The summed E-state index contributed by atoms with van der Waals surface area (Å²) in [5.74, 6) is 0.125. The molecule has 0 aromatic carbocycles. The van der Waals surface area contributed by atoms with E-state index in [9.17, 15) is 4.79 Å². The highest BCUT2D eigenvalue weighted by molar-refractivity contribution is 5.93. The van der Waals surface area contributed by atoms with Crippen LogP contribution in [0.3, 0.4) is 0 Å².